The van der Waals surface area contributed by atoms with Gasteiger partial charge in [0.25, 0.3) is 11.5 Å². The third kappa shape index (κ3) is 2.83. The summed E-state index contributed by atoms with van der Waals surface area (Å²) in [4.78, 5) is 29.0. The van der Waals surface area contributed by atoms with Crippen molar-refractivity contribution in [1.29, 1.82) is 5.26 Å². The zero-order valence-electron chi connectivity index (χ0n) is 15.8. The van der Waals surface area contributed by atoms with Gasteiger partial charge in [-0.15, -0.1) is 0 Å². The van der Waals surface area contributed by atoms with Gasteiger partial charge in [0.2, 0.25) is 0 Å². The predicted molar refractivity (Wildman–Crippen MR) is 105 cm³/mol. The fourth-order valence-corrected chi connectivity index (χ4v) is 3.76. The number of piperazine rings is 1. The molecule has 0 saturated carbocycles. The van der Waals surface area contributed by atoms with Crippen LogP contribution in [0.2, 0.25) is 0 Å². The number of anilines is 1. The summed E-state index contributed by atoms with van der Waals surface area (Å²) in [6.45, 7) is 4.05. The number of benzene rings is 1. The Bertz CT molecular complexity index is 1150. The van der Waals surface area contributed by atoms with Gasteiger partial charge in [-0.25, -0.2) is 0 Å². The molecular formula is C21H20N4O3. The van der Waals surface area contributed by atoms with Crippen LogP contribution in [0.25, 0.3) is 10.9 Å². The highest BCUT2D eigenvalue weighted by Crippen LogP contribution is 2.30. The number of nitrogens with zero attached hydrogens (tertiary/aromatic N) is 4. The molecule has 0 radical (unpaired) electrons. The van der Waals surface area contributed by atoms with Crippen LogP contribution in [-0.4, -0.2) is 41.6 Å². The Morgan fingerprint density at radius 2 is 1.93 bits per heavy atom. The van der Waals surface area contributed by atoms with Crippen LogP contribution in [0.1, 0.15) is 21.7 Å². The summed E-state index contributed by atoms with van der Waals surface area (Å²) in [5.41, 5.74) is 2.35. The van der Waals surface area contributed by atoms with Gasteiger partial charge in [-0.3, -0.25) is 9.59 Å². The average molecular weight is 376 g/mol. The lowest BCUT2D eigenvalue weighted by atomic mass is 10.0. The van der Waals surface area contributed by atoms with Crippen LogP contribution in [0.15, 0.2) is 45.8 Å². The Morgan fingerprint density at radius 1 is 1.18 bits per heavy atom. The van der Waals surface area contributed by atoms with E-state index in [2.05, 4.69) is 6.07 Å². The molecule has 0 aliphatic carbocycles. The third-order valence-electron chi connectivity index (χ3n) is 5.25. The van der Waals surface area contributed by atoms with Gasteiger partial charge in [-0.2, -0.15) is 5.26 Å². The minimum atomic E-state index is -0.303. The molecule has 3 heterocycles. The number of hydrogen-bond donors (Lipinski definition) is 0. The van der Waals surface area contributed by atoms with E-state index in [1.165, 1.54) is 10.8 Å². The van der Waals surface area contributed by atoms with Crippen LogP contribution in [0.4, 0.5) is 5.69 Å². The molecule has 0 unspecified atom stereocenters. The summed E-state index contributed by atoms with van der Waals surface area (Å²) in [5, 5.41) is 10.6. The molecule has 0 bridgehead atoms. The van der Waals surface area contributed by atoms with E-state index < -0.39 is 0 Å². The second kappa shape index (κ2) is 6.89. The number of pyridine rings is 1. The maximum atomic E-state index is 12.7. The van der Waals surface area contributed by atoms with E-state index in [0.29, 0.717) is 37.6 Å². The number of fused-ring (bicyclic) bond motifs is 1. The van der Waals surface area contributed by atoms with Crippen molar-refractivity contribution in [3.63, 3.8) is 0 Å². The average Bonchev–Trinajstić information content (AvgIpc) is 3.25. The van der Waals surface area contributed by atoms with Crippen LogP contribution in [0, 0.1) is 18.3 Å². The quantitative estimate of drug-likeness (QED) is 0.685. The largest absolute Gasteiger partial charge is 0.459 e. The smallest absolute Gasteiger partial charge is 0.289 e. The van der Waals surface area contributed by atoms with Crippen LogP contribution >= 0.6 is 0 Å². The minimum absolute atomic E-state index is 0.144. The van der Waals surface area contributed by atoms with E-state index in [4.69, 9.17) is 4.42 Å². The van der Waals surface area contributed by atoms with Crippen LogP contribution in [-0.2, 0) is 7.05 Å². The van der Waals surface area contributed by atoms with Gasteiger partial charge in [-0.1, -0.05) is 11.6 Å². The lowest BCUT2D eigenvalue weighted by Crippen LogP contribution is -2.49. The summed E-state index contributed by atoms with van der Waals surface area (Å²) in [6.07, 6.45) is 1.48. The van der Waals surface area contributed by atoms with Crippen LogP contribution in [0.5, 0.6) is 0 Å². The fraction of sp³-hybridized carbons (Fsp3) is 0.286. The minimum Gasteiger partial charge on any atom is -0.459 e. The van der Waals surface area contributed by atoms with E-state index in [-0.39, 0.29) is 17.0 Å². The summed E-state index contributed by atoms with van der Waals surface area (Å²) in [5.74, 6) is 0.177. The number of carbonyl (C=O) groups excluding carboxylic acids is 1. The van der Waals surface area contributed by atoms with Crippen LogP contribution < -0.4 is 10.5 Å². The second-order valence-corrected chi connectivity index (χ2v) is 6.98. The summed E-state index contributed by atoms with van der Waals surface area (Å²) in [6, 6.07) is 11.3. The maximum absolute atomic E-state index is 12.7. The van der Waals surface area contributed by atoms with Crippen molar-refractivity contribution < 1.29 is 9.21 Å². The van der Waals surface area contributed by atoms with Gasteiger partial charge < -0.3 is 18.8 Å². The van der Waals surface area contributed by atoms with Crippen molar-refractivity contribution in [1.82, 2.24) is 9.47 Å². The molecule has 7 heteroatoms. The Kier molecular flexibility index (Phi) is 4.40. The molecule has 7 nitrogen and oxygen atoms in total. The molecule has 1 aliphatic heterocycles. The SMILES string of the molecule is Cc1ccc2c(c1)c(N1CCN(C(=O)c3ccco3)CC1)c(C#N)c(=O)n2C. The number of amides is 1. The first kappa shape index (κ1) is 17.9. The highest BCUT2D eigenvalue weighted by Gasteiger charge is 2.27. The van der Waals surface area contributed by atoms with Gasteiger partial charge in [0.15, 0.2) is 5.76 Å². The van der Waals surface area contributed by atoms with Gasteiger partial charge in [-0.05, 0) is 31.2 Å². The number of aryl methyl sites for hydroxylation is 2. The lowest BCUT2D eigenvalue weighted by Gasteiger charge is -2.36. The normalized spacial score (nSPS) is 14.3. The van der Waals surface area contributed by atoms with E-state index in [1.54, 1.807) is 24.1 Å². The molecule has 2 aromatic heterocycles. The molecule has 0 spiro atoms. The standard InChI is InChI=1S/C21H20N4O3/c1-14-5-6-17-15(12-14)19(16(13-22)20(26)23(17)2)24-7-9-25(10-8-24)21(27)18-4-3-11-28-18/h3-6,11-12H,7-10H2,1-2H3. The highest BCUT2D eigenvalue weighted by atomic mass is 16.3. The first-order chi connectivity index (χ1) is 13.5. The number of furan rings is 1. The summed E-state index contributed by atoms with van der Waals surface area (Å²) in [7, 11) is 1.69. The summed E-state index contributed by atoms with van der Waals surface area (Å²) < 4.78 is 6.73. The summed E-state index contributed by atoms with van der Waals surface area (Å²) >= 11 is 0. The van der Waals surface area contributed by atoms with E-state index in [9.17, 15) is 14.9 Å². The van der Waals surface area contributed by atoms with Crippen molar-refractivity contribution >= 4 is 22.5 Å². The van der Waals surface area contributed by atoms with E-state index >= 15 is 0 Å². The molecule has 0 N–H and O–H groups in total. The molecule has 0 atom stereocenters. The molecule has 4 rings (SSSR count). The maximum Gasteiger partial charge on any atom is 0.289 e. The first-order valence-corrected chi connectivity index (χ1v) is 9.12. The molecule has 142 valence electrons. The molecule has 28 heavy (non-hydrogen) atoms. The third-order valence-corrected chi connectivity index (χ3v) is 5.25. The zero-order valence-corrected chi connectivity index (χ0v) is 15.8. The second-order valence-electron chi connectivity index (χ2n) is 6.98. The highest BCUT2D eigenvalue weighted by molar-refractivity contribution is 5.96. The van der Waals surface area contributed by atoms with E-state index in [1.807, 2.05) is 30.0 Å². The Morgan fingerprint density at radius 3 is 2.57 bits per heavy atom. The van der Waals surface area contributed by atoms with Gasteiger partial charge >= 0.3 is 0 Å². The van der Waals surface area contributed by atoms with Crippen molar-refractivity contribution in [3.05, 3.63) is 63.8 Å². The van der Waals surface area contributed by atoms with E-state index in [0.717, 1.165) is 16.5 Å². The Labute approximate surface area is 162 Å². The fourth-order valence-electron chi connectivity index (χ4n) is 3.76. The molecule has 1 fully saturated rings. The van der Waals surface area contributed by atoms with Crippen molar-refractivity contribution in [2.75, 3.05) is 31.1 Å². The predicted octanol–water partition coefficient (Wildman–Crippen LogP) is 2.27. The van der Waals surface area contributed by atoms with Crippen molar-refractivity contribution in [2.45, 2.75) is 6.92 Å². The Balaban J connectivity index is 1.71. The van der Waals surface area contributed by atoms with Crippen molar-refractivity contribution in [3.8, 4) is 6.07 Å². The molecule has 1 aliphatic rings. The van der Waals surface area contributed by atoms with Gasteiger partial charge in [0.05, 0.1) is 17.5 Å². The zero-order chi connectivity index (χ0) is 19.8. The number of nitriles is 1. The Hall–Kier alpha value is -3.53. The number of rotatable bonds is 2. The van der Waals surface area contributed by atoms with Gasteiger partial charge in [0, 0.05) is 38.6 Å². The molecule has 1 amide bonds. The van der Waals surface area contributed by atoms with Gasteiger partial charge in [0.1, 0.15) is 11.6 Å². The number of hydrogen-bond acceptors (Lipinski definition) is 5. The van der Waals surface area contributed by atoms with Crippen LogP contribution in [0.3, 0.4) is 0 Å². The first-order valence-electron chi connectivity index (χ1n) is 9.12. The number of carbonyl (C=O) groups is 1. The number of aromatic nitrogens is 1. The topological polar surface area (TPSA) is 82.5 Å². The molecule has 1 saturated heterocycles. The lowest BCUT2D eigenvalue weighted by molar-refractivity contribution is 0.0715. The molecule has 3 aromatic rings. The molecular weight excluding hydrogens is 356 g/mol. The van der Waals surface area contributed by atoms with Crippen molar-refractivity contribution in [2.24, 2.45) is 7.05 Å². The monoisotopic (exact) mass is 376 g/mol. The molecule has 1 aromatic carbocycles.